The Hall–Kier alpha value is -1.55. The van der Waals surface area contributed by atoms with Gasteiger partial charge in [-0.1, -0.05) is 6.07 Å². The standard InChI is InChI=1S/C20H26O4/c1-2-24-20(23)18-10-17-15-5-3-11-9-12(21)4-6-13(11)14(15)7-8-16(17)19(18)22/h4,6,9,14-19,21-22H,2-3,5,7-8,10H2,1H3/t14-,15-,16?,17+,18-,19-/m1/s1. The Balaban J connectivity index is 1.59. The normalized spacial score (nSPS) is 37.2. The molecule has 0 amide bonds. The van der Waals surface area contributed by atoms with Crippen LogP contribution in [0, 0.1) is 23.7 Å². The summed E-state index contributed by atoms with van der Waals surface area (Å²) in [6, 6.07) is 5.77. The molecule has 0 heterocycles. The topological polar surface area (TPSA) is 66.8 Å². The van der Waals surface area contributed by atoms with Gasteiger partial charge in [-0.25, -0.2) is 0 Å². The summed E-state index contributed by atoms with van der Waals surface area (Å²) in [5.41, 5.74) is 2.65. The van der Waals surface area contributed by atoms with Crippen LogP contribution >= 0.6 is 0 Å². The molecule has 6 atom stereocenters. The molecule has 0 saturated heterocycles. The van der Waals surface area contributed by atoms with Crippen molar-refractivity contribution in [3.05, 3.63) is 29.3 Å². The van der Waals surface area contributed by atoms with Crippen LogP contribution in [0.1, 0.15) is 49.7 Å². The molecule has 0 aromatic heterocycles. The second-order valence-corrected chi connectivity index (χ2v) is 7.68. The molecule has 2 fully saturated rings. The van der Waals surface area contributed by atoms with Crippen LogP contribution in [0.3, 0.4) is 0 Å². The SMILES string of the molecule is CCOC(=O)[C@@H]1C[C@@H]2C(CC[C@@H]3c4ccc(O)cc4CC[C@H]32)[C@H]1O. The number of phenolic OH excluding ortho intramolecular Hbond substituents is 1. The van der Waals surface area contributed by atoms with Crippen molar-refractivity contribution in [3.8, 4) is 5.75 Å². The quantitative estimate of drug-likeness (QED) is 0.818. The average Bonchev–Trinajstić information content (AvgIpc) is 2.91. The fraction of sp³-hybridized carbons (Fsp3) is 0.650. The molecule has 0 bridgehead atoms. The van der Waals surface area contributed by atoms with Gasteiger partial charge >= 0.3 is 5.97 Å². The molecule has 0 aliphatic heterocycles. The number of ether oxygens (including phenoxy) is 1. The van der Waals surface area contributed by atoms with E-state index in [1.165, 1.54) is 11.1 Å². The Morgan fingerprint density at radius 2 is 2.04 bits per heavy atom. The lowest BCUT2D eigenvalue weighted by Crippen LogP contribution is -2.37. The summed E-state index contributed by atoms with van der Waals surface area (Å²) in [4.78, 5) is 12.2. The molecule has 1 aromatic carbocycles. The number of hydrogen-bond donors (Lipinski definition) is 2. The molecule has 0 radical (unpaired) electrons. The van der Waals surface area contributed by atoms with E-state index in [0.29, 0.717) is 30.1 Å². The number of carbonyl (C=O) groups excluding carboxylic acids is 1. The first kappa shape index (κ1) is 15.9. The van der Waals surface area contributed by atoms with Gasteiger partial charge in [-0.15, -0.1) is 0 Å². The van der Waals surface area contributed by atoms with Crippen molar-refractivity contribution >= 4 is 5.97 Å². The number of aryl methyl sites for hydroxylation is 1. The summed E-state index contributed by atoms with van der Waals surface area (Å²) in [6.45, 7) is 2.19. The van der Waals surface area contributed by atoms with Gasteiger partial charge in [0.25, 0.3) is 0 Å². The van der Waals surface area contributed by atoms with Crippen LogP contribution in [0.25, 0.3) is 0 Å². The summed E-state index contributed by atoms with van der Waals surface area (Å²) in [5, 5.41) is 20.4. The lowest BCUT2D eigenvalue weighted by atomic mass is 9.61. The van der Waals surface area contributed by atoms with E-state index in [0.717, 1.165) is 32.1 Å². The number of fused-ring (bicyclic) bond motifs is 5. The number of aliphatic hydroxyl groups is 1. The lowest BCUT2D eigenvalue weighted by Gasteiger charge is -2.44. The van der Waals surface area contributed by atoms with Gasteiger partial charge in [0.1, 0.15) is 5.75 Å². The molecule has 24 heavy (non-hydrogen) atoms. The highest BCUT2D eigenvalue weighted by Gasteiger charge is 2.53. The number of aliphatic hydroxyl groups excluding tert-OH is 1. The number of phenols is 1. The lowest BCUT2D eigenvalue weighted by molar-refractivity contribution is -0.151. The van der Waals surface area contributed by atoms with Gasteiger partial charge in [0.05, 0.1) is 18.6 Å². The largest absolute Gasteiger partial charge is 0.508 e. The zero-order valence-electron chi connectivity index (χ0n) is 14.1. The van der Waals surface area contributed by atoms with E-state index in [1.807, 2.05) is 13.0 Å². The van der Waals surface area contributed by atoms with Crippen molar-refractivity contribution < 1.29 is 19.7 Å². The number of esters is 1. The molecule has 4 nitrogen and oxygen atoms in total. The maximum atomic E-state index is 12.2. The molecule has 1 aromatic rings. The van der Waals surface area contributed by atoms with Crippen LogP contribution < -0.4 is 0 Å². The zero-order valence-corrected chi connectivity index (χ0v) is 14.1. The van der Waals surface area contributed by atoms with Crippen LogP contribution in [0.5, 0.6) is 5.75 Å². The second kappa shape index (κ2) is 6.07. The van der Waals surface area contributed by atoms with Crippen molar-refractivity contribution in [1.29, 1.82) is 0 Å². The van der Waals surface area contributed by atoms with Crippen LogP contribution in [0.4, 0.5) is 0 Å². The molecule has 4 heteroatoms. The minimum atomic E-state index is -0.545. The maximum Gasteiger partial charge on any atom is 0.311 e. The van der Waals surface area contributed by atoms with Gasteiger partial charge in [0, 0.05) is 0 Å². The maximum absolute atomic E-state index is 12.2. The Morgan fingerprint density at radius 3 is 2.83 bits per heavy atom. The van der Waals surface area contributed by atoms with Gasteiger partial charge in [-0.05, 0) is 86.0 Å². The summed E-state index contributed by atoms with van der Waals surface area (Å²) >= 11 is 0. The van der Waals surface area contributed by atoms with Crippen LogP contribution in [-0.4, -0.2) is 28.9 Å². The molecule has 0 spiro atoms. The van der Waals surface area contributed by atoms with Crippen LogP contribution in [0.2, 0.25) is 0 Å². The first-order valence-electron chi connectivity index (χ1n) is 9.26. The van der Waals surface area contributed by atoms with Gasteiger partial charge in [0.15, 0.2) is 0 Å². The molecule has 4 rings (SSSR count). The summed E-state index contributed by atoms with van der Waals surface area (Å²) in [5.74, 6) is 1.46. The molecular weight excluding hydrogens is 304 g/mol. The Kier molecular flexibility index (Phi) is 4.03. The molecular formula is C20H26O4. The summed E-state index contributed by atoms with van der Waals surface area (Å²) in [6.07, 6.45) is 4.33. The van der Waals surface area contributed by atoms with E-state index < -0.39 is 6.10 Å². The minimum absolute atomic E-state index is 0.225. The highest BCUT2D eigenvalue weighted by molar-refractivity contribution is 5.73. The van der Waals surface area contributed by atoms with Crippen LogP contribution in [-0.2, 0) is 16.0 Å². The summed E-state index contributed by atoms with van der Waals surface area (Å²) < 4.78 is 5.18. The molecule has 3 aliphatic carbocycles. The van der Waals surface area contributed by atoms with E-state index in [1.54, 1.807) is 6.07 Å². The third kappa shape index (κ3) is 2.43. The monoisotopic (exact) mass is 330 g/mol. The van der Waals surface area contributed by atoms with E-state index in [9.17, 15) is 15.0 Å². The van der Waals surface area contributed by atoms with Crippen molar-refractivity contribution in [2.75, 3.05) is 6.61 Å². The van der Waals surface area contributed by atoms with Crippen molar-refractivity contribution in [2.24, 2.45) is 23.7 Å². The number of rotatable bonds is 2. The number of hydrogen-bond acceptors (Lipinski definition) is 4. The van der Waals surface area contributed by atoms with Crippen molar-refractivity contribution in [1.82, 2.24) is 0 Å². The van der Waals surface area contributed by atoms with E-state index in [-0.39, 0.29) is 17.8 Å². The fourth-order valence-corrected chi connectivity index (χ4v) is 5.70. The molecule has 2 N–H and O–H groups in total. The Labute approximate surface area is 142 Å². The Morgan fingerprint density at radius 1 is 1.21 bits per heavy atom. The third-order valence-electron chi connectivity index (χ3n) is 6.67. The summed E-state index contributed by atoms with van der Waals surface area (Å²) in [7, 11) is 0. The highest BCUT2D eigenvalue weighted by atomic mass is 16.5. The van der Waals surface area contributed by atoms with Crippen molar-refractivity contribution in [2.45, 2.75) is 51.0 Å². The van der Waals surface area contributed by atoms with Gasteiger partial charge in [-0.2, -0.15) is 0 Å². The number of benzene rings is 1. The Bertz CT molecular complexity index is 641. The number of carbonyl (C=O) groups is 1. The predicted octanol–water partition coefficient (Wildman–Crippen LogP) is 3.01. The second-order valence-electron chi connectivity index (χ2n) is 7.68. The van der Waals surface area contributed by atoms with Gasteiger partial charge in [0.2, 0.25) is 0 Å². The number of aromatic hydroxyl groups is 1. The van der Waals surface area contributed by atoms with E-state index >= 15 is 0 Å². The van der Waals surface area contributed by atoms with Crippen LogP contribution in [0.15, 0.2) is 18.2 Å². The minimum Gasteiger partial charge on any atom is -0.508 e. The molecule has 130 valence electrons. The van der Waals surface area contributed by atoms with Crippen molar-refractivity contribution in [3.63, 3.8) is 0 Å². The predicted molar refractivity (Wildman–Crippen MR) is 89.6 cm³/mol. The first-order valence-corrected chi connectivity index (χ1v) is 9.26. The van der Waals surface area contributed by atoms with E-state index in [4.69, 9.17) is 4.74 Å². The highest BCUT2D eigenvalue weighted by Crippen LogP contribution is 2.56. The smallest absolute Gasteiger partial charge is 0.311 e. The van der Waals surface area contributed by atoms with E-state index in [2.05, 4.69) is 6.07 Å². The average molecular weight is 330 g/mol. The zero-order chi connectivity index (χ0) is 16.8. The van der Waals surface area contributed by atoms with Gasteiger partial charge in [-0.3, -0.25) is 4.79 Å². The molecule has 3 aliphatic rings. The molecule has 2 saturated carbocycles. The third-order valence-corrected chi connectivity index (χ3v) is 6.67. The van der Waals surface area contributed by atoms with Gasteiger partial charge < -0.3 is 14.9 Å². The first-order chi connectivity index (χ1) is 11.6. The fourth-order valence-electron chi connectivity index (χ4n) is 5.70. The molecule has 1 unspecified atom stereocenters.